The smallest absolute Gasteiger partial charge is 0.0539 e. The molecule has 0 N–H and O–H groups in total. The van der Waals surface area contributed by atoms with Crippen molar-refractivity contribution in [2.75, 3.05) is 9.80 Å². The van der Waals surface area contributed by atoms with E-state index in [4.69, 9.17) is 0 Å². The van der Waals surface area contributed by atoms with Gasteiger partial charge in [-0.25, -0.2) is 0 Å². The second-order valence-electron chi connectivity index (χ2n) is 14.1. The highest BCUT2D eigenvalue weighted by atomic mass is 15.2. The zero-order valence-corrected chi connectivity index (χ0v) is 32.4. The van der Waals surface area contributed by atoms with Crippen LogP contribution in [0.4, 0.5) is 28.4 Å². The van der Waals surface area contributed by atoms with Crippen molar-refractivity contribution >= 4 is 34.0 Å². The summed E-state index contributed by atoms with van der Waals surface area (Å²) in [5, 5.41) is 0. The summed E-state index contributed by atoms with van der Waals surface area (Å²) in [6.07, 6.45) is 13.2. The maximum atomic E-state index is 4.66. The molecule has 1 aliphatic rings. The van der Waals surface area contributed by atoms with E-state index in [2.05, 4.69) is 248 Å². The Balaban J connectivity index is 1.14. The zero-order chi connectivity index (χ0) is 38.8. The van der Waals surface area contributed by atoms with E-state index in [-0.39, 0.29) is 0 Å². The standard InChI is InChI=1S/C55H46N2/c1-3-43(53-29-17-19-31-55(53)57(49-26-14-7-15-27-49)51-40-36-47(37-41-51)45-22-10-5-11-23-45)33-32-42(2)52-28-16-18-30-54(52)56(48-24-12-6-13-25-48)50-38-34-46(35-39-50)44-20-8-4-9-21-44/h3-16,18-28,30-41H,2,17,29H2,1H3/b33-32-,43-3+. The summed E-state index contributed by atoms with van der Waals surface area (Å²) in [6.45, 7) is 6.80. The van der Waals surface area contributed by atoms with Crippen molar-refractivity contribution < 1.29 is 0 Å². The van der Waals surface area contributed by atoms with E-state index in [0.717, 1.165) is 52.4 Å². The van der Waals surface area contributed by atoms with Gasteiger partial charge < -0.3 is 9.80 Å². The number of allylic oxidation sites excluding steroid dienone is 8. The van der Waals surface area contributed by atoms with Gasteiger partial charge in [-0.15, -0.1) is 0 Å². The largest absolute Gasteiger partial charge is 0.310 e. The average Bonchev–Trinajstić information content (AvgIpc) is 3.29. The first-order valence-electron chi connectivity index (χ1n) is 19.7. The molecule has 0 saturated heterocycles. The van der Waals surface area contributed by atoms with Gasteiger partial charge in [0.05, 0.1) is 5.69 Å². The Bertz CT molecular complexity index is 2540. The predicted molar refractivity (Wildman–Crippen MR) is 244 cm³/mol. The fraction of sp³-hybridized carbons (Fsp3) is 0.0545. The molecule has 0 radical (unpaired) electrons. The predicted octanol–water partition coefficient (Wildman–Crippen LogP) is 15.4. The molecule has 0 aromatic heterocycles. The first-order chi connectivity index (χ1) is 28.2. The van der Waals surface area contributed by atoms with Gasteiger partial charge in [0.15, 0.2) is 0 Å². The van der Waals surface area contributed by atoms with Gasteiger partial charge in [-0.3, -0.25) is 0 Å². The van der Waals surface area contributed by atoms with Crippen LogP contribution in [0.2, 0.25) is 0 Å². The lowest BCUT2D eigenvalue weighted by Gasteiger charge is -2.31. The van der Waals surface area contributed by atoms with Gasteiger partial charge in [-0.2, -0.15) is 0 Å². The van der Waals surface area contributed by atoms with Gasteiger partial charge in [0.1, 0.15) is 0 Å². The minimum atomic E-state index is 0.936. The molecule has 7 aromatic rings. The van der Waals surface area contributed by atoms with Crippen LogP contribution < -0.4 is 9.80 Å². The molecule has 0 heterocycles. The topological polar surface area (TPSA) is 6.48 Å². The molecule has 0 amide bonds. The Morgan fingerprint density at radius 3 is 1.46 bits per heavy atom. The molecule has 0 spiro atoms. The van der Waals surface area contributed by atoms with Crippen LogP contribution in [0.25, 0.3) is 27.8 Å². The molecule has 8 rings (SSSR count). The summed E-state index contributed by atoms with van der Waals surface area (Å²) in [6, 6.07) is 68.7. The second kappa shape index (κ2) is 17.5. The zero-order valence-electron chi connectivity index (χ0n) is 32.4. The number of nitrogens with zero attached hydrogens (tertiary/aromatic N) is 2. The fourth-order valence-electron chi connectivity index (χ4n) is 7.62. The molecule has 2 heteroatoms. The van der Waals surface area contributed by atoms with Crippen LogP contribution in [0.3, 0.4) is 0 Å². The van der Waals surface area contributed by atoms with Crippen molar-refractivity contribution in [1.29, 1.82) is 0 Å². The molecule has 0 aliphatic heterocycles. The van der Waals surface area contributed by atoms with Crippen molar-refractivity contribution in [3.8, 4) is 22.3 Å². The first-order valence-corrected chi connectivity index (χ1v) is 19.7. The van der Waals surface area contributed by atoms with Crippen molar-refractivity contribution in [2.45, 2.75) is 19.8 Å². The maximum Gasteiger partial charge on any atom is 0.0539 e. The van der Waals surface area contributed by atoms with Gasteiger partial charge in [-0.05, 0) is 119 Å². The summed E-state index contributed by atoms with van der Waals surface area (Å²) in [4.78, 5) is 4.72. The van der Waals surface area contributed by atoms with E-state index in [0.29, 0.717) is 0 Å². The van der Waals surface area contributed by atoms with E-state index in [1.54, 1.807) is 0 Å². The van der Waals surface area contributed by atoms with Gasteiger partial charge >= 0.3 is 0 Å². The first kappa shape index (κ1) is 36.8. The Morgan fingerprint density at radius 2 is 0.912 bits per heavy atom. The number of rotatable bonds is 12. The number of anilines is 5. The summed E-state index contributed by atoms with van der Waals surface area (Å²) in [7, 11) is 0. The van der Waals surface area contributed by atoms with Crippen molar-refractivity contribution in [1.82, 2.24) is 0 Å². The van der Waals surface area contributed by atoms with Crippen molar-refractivity contribution in [3.05, 3.63) is 253 Å². The summed E-state index contributed by atoms with van der Waals surface area (Å²) < 4.78 is 0. The van der Waals surface area contributed by atoms with E-state index < -0.39 is 0 Å². The van der Waals surface area contributed by atoms with Crippen LogP contribution in [0.5, 0.6) is 0 Å². The van der Waals surface area contributed by atoms with Gasteiger partial charge in [0.25, 0.3) is 0 Å². The lowest BCUT2D eigenvalue weighted by molar-refractivity contribution is 0.938. The number of hydrogen-bond donors (Lipinski definition) is 0. The molecule has 0 saturated carbocycles. The fourth-order valence-corrected chi connectivity index (χ4v) is 7.62. The highest BCUT2D eigenvalue weighted by Gasteiger charge is 2.21. The normalized spacial score (nSPS) is 12.8. The molecule has 0 atom stereocenters. The van der Waals surface area contributed by atoms with Crippen molar-refractivity contribution in [3.63, 3.8) is 0 Å². The summed E-state index contributed by atoms with van der Waals surface area (Å²) in [5.41, 5.74) is 16.0. The third kappa shape index (κ3) is 8.27. The Morgan fingerprint density at radius 1 is 0.474 bits per heavy atom. The monoisotopic (exact) mass is 734 g/mol. The second-order valence-corrected chi connectivity index (χ2v) is 14.1. The van der Waals surface area contributed by atoms with E-state index in [1.807, 2.05) is 0 Å². The Kier molecular flexibility index (Phi) is 11.3. The van der Waals surface area contributed by atoms with Crippen LogP contribution in [0, 0.1) is 0 Å². The van der Waals surface area contributed by atoms with Gasteiger partial charge in [0, 0.05) is 34.0 Å². The molecule has 7 aromatic carbocycles. The third-order valence-corrected chi connectivity index (χ3v) is 10.5. The van der Waals surface area contributed by atoms with Gasteiger partial charge in [0.2, 0.25) is 0 Å². The van der Waals surface area contributed by atoms with Crippen LogP contribution in [0.1, 0.15) is 25.3 Å². The molecule has 0 bridgehead atoms. The highest BCUT2D eigenvalue weighted by Crippen LogP contribution is 2.41. The quantitative estimate of drug-likeness (QED) is 0.115. The SMILES string of the molecule is C=C(/C=C\C(=C/C)C1=C(N(c2ccccc2)c2ccc(-c3ccccc3)cc2)C=CCC1)c1ccccc1N(c1ccccc1)c1ccc(-c2ccccc2)cc1. The Hall–Kier alpha value is -7.16. The highest BCUT2D eigenvalue weighted by molar-refractivity contribution is 5.89. The van der Waals surface area contributed by atoms with E-state index in [1.165, 1.54) is 39.1 Å². The average molecular weight is 735 g/mol. The molecule has 0 fully saturated rings. The van der Waals surface area contributed by atoms with Crippen molar-refractivity contribution in [2.24, 2.45) is 0 Å². The van der Waals surface area contributed by atoms with Crippen LogP contribution in [-0.2, 0) is 0 Å². The minimum absolute atomic E-state index is 0.936. The number of para-hydroxylation sites is 3. The lowest BCUT2D eigenvalue weighted by Crippen LogP contribution is -2.19. The van der Waals surface area contributed by atoms with Crippen LogP contribution >= 0.6 is 0 Å². The van der Waals surface area contributed by atoms with Crippen LogP contribution in [0.15, 0.2) is 248 Å². The maximum absolute atomic E-state index is 4.66. The number of benzene rings is 7. The molecular formula is C55H46N2. The van der Waals surface area contributed by atoms with Crippen LogP contribution in [-0.4, -0.2) is 0 Å². The van der Waals surface area contributed by atoms with E-state index >= 15 is 0 Å². The molecular weight excluding hydrogens is 689 g/mol. The third-order valence-electron chi connectivity index (χ3n) is 10.5. The molecule has 1 aliphatic carbocycles. The van der Waals surface area contributed by atoms with Gasteiger partial charge in [-0.1, -0.05) is 170 Å². The Labute approximate surface area is 338 Å². The molecule has 57 heavy (non-hydrogen) atoms. The summed E-state index contributed by atoms with van der Waals surface area (Å²) >= 11 is 0. The number of hydrogen-bond acceptors (Lipinski definition) is 2. The lowest BCUT2D eigenvalue weighted by atomic mass is 9.92. The molecule has 0 unspecified atom stereocenters. The summed E-state index contributed by atoms with van der Waals surface area (Å²) in [5.74, 6) is 0. The minimum Gasteiger partial charge on any atom is -0.310 e. The molecule has 2 nitrogen and oxygen atoms in total. The van der Waals surface area contributed by atoms with E-state index in [9.17, 15) is 0 Å². The molecule has 276 valence electrons.